The van der Waals surface area contributed by atoms with Gasteiger partial charge >= 0.3 is 6.36 Å². The lowest BCUT2D eigenvalue weighted by molar-refractivity contribution is -0.325. The molecule has 1 heterocycles. The molecule has 0 saturated heterocycles. The molecular weight excluding hydrogens is 225 g/mol. The fraction of sp³-hybridized carbons (Fsp3) is 0.750. The molecule has 0 aromatic carbocycles. The minimum Gasteiger partial charge on any atom is -0.381 e. The van der Waals surface area contributed by atoms with Crippen LogP contribution in [0.15, 0.2) is 0 Å². The monoisotopic (exact) mass is 236 g/mol. The first-order chi connectivity index (χ1) is 7.47. The van der Waals surface area contributed by atoms with Gasteiger partial charge in [0, 0.05) is 5.92 Å². The number of nitrogens with two attached hydrogens (primary N) is 1. The smallest absolute Gasteiger partial charge is 0.381 e. The van der Waals surface area contributed by atoms with Gasteiger partial charge in [0.15, 0.2) is 5.82 Å². The maximum atomic E-state index is 11.7. The summed E-state index contributed by atoms with van der Waals surface area (Å²) >= 11 is 0. The van der Waals surface area contributed by atoms with Crippen molar-refractivity contribution in [2.75, 3.05) is 12.3 Å². The topological polar surface area (TPSA) is 66.0 Å². The number of alkyl halides is 3. The molecule has 1 fully saturated rings. The van der Waals surface area contributed by atoms with E-state index in [1.807, 2.05) is 0 Å². The van der Waals surface area contributed by atoms with Crippen molar-refractivity contribution in [2.45, 2.75) is 31.7 Å². The van der Waals surface area contributed by atoms with Crippen molar-refractivity contribution >= 4 is 5.82 Å². The summed E-state index contributed by atoms with van der Waals surface area (Å²) in [6.07, 6.45) is -2.64. The standard InChI is InChI=1S/C8H11F3N4O/c9-8(10,11)16-4-3-15-6(5-1-2-5)7(12)13-14-15/h5H,1-4,12H2. The summed E-state index contributed by atoms with van der Waals surface area (Å²) in [7, 11) is 0. The van der Waals surface area contributed by atoms with Gasteiger partial charge in [-0.15, -0.1) is 18.3 Å². The van der Waals surface area contributed by atoms with Gasteiger partial charge in [-0.2, -0.15) is 0 Å². The maximum Gasteiger partial charge on any atom is 0.522 e. The van der Waals surface area contributed by atoms with Crippen LogP contribution < -0.4 is 5.73 Å². The molecular formula is C8H11F3N4O. The summed E-state index contributed by atoms with van der Waals surface area (Å²) in [6, 6.07) is 0. The van der Waals surface area contributed by atoms with E-state index < -0.39 is 13.0 Å². The third-order valence-corrected chi connectivity index (χ3v) is 2.33. The molecule has 1 aliphatic rings. The third kappa shape index (κ3) is 2.63. The van der Waals surface area contributed by atoms with E-state index in [4.69, 9.17) is 5.73 Å². The zero-order valence-corrected chi connectivity index (χ0v) is 8.37. The highest BCUT2D eigenvalue weighted by Gasteiger charge is 2.32. The van der Waals surface area contributed by atoms with E-state index in [1.165, 1.54) is 4.68 Å². The molecule has 0 atom stereocenters. The van der Waals surface area contributed by atoms with E-state index in [0.717, 1.165) is 18.5 Å². The SMILES string of the molecule is Nc1nnn(CCOC(F)(F)F)c1C1CC1. The lowest BCUT2D eigenvalue weighted by Crippen LogP contribution is -2.18. The molecule has 5 nitrogen and oxygen atoms in total. The Balaban J connectivity index is 1.94. The van der Waals surface area contributed by atoms with Gasteiger partial charge < -0.3 is 5.73 Å². The largest absolute Gasteiger partial charge is 0.522 e. The van der Waals surface area contributed by atoms with Crippen molar-refractivity contribution in [3.8, 4) is 0 Å². The molecule has 0 amide bonds. The highest BCUT2D eigenvalue weighted by atomic mass is 19.4. The summed E-state index contributed by atoms with van der Waals surface area (Å²) in [5, 5.41) is 7.34. The average Bonchev–Trinajstić information content (AvgIpc) is 2.91. The van der Waals surface area contributed by atoms with E-state index in [-0.39, 0.29) is 6.54 Å². The minimum atomic E-state index is -4.61. The number of anilines is 1. The van der Waals surface area contributed by atoms with Gasteiger partial charge in [-0.05, 0) is 12.8 Å². The summed E-state index contributed by atoms with van der Waals surface area (Å²) in [5.41, 5.74) is 6.31. The molecule has 16 heavy (non-hydrogen) atoms. The third-order valence-electron chi connectivity index (χ3n) is 2.33. The molecule has 8 heteroatoms. The lowest BCUT2D eigenvalue weighted by Gasteiger charge is -2.08. The Labute approximate surface area is 89.4 Å². The van der Waals surface area contributed by atoms with E-state index in [0.29, 0.717) is 11.7 Å². The molecule has 0 spiro atoms. The van der Waals surface area contributed by atoms with Crippen LogP contribution in [0.4, 0.5) is 19.0 Å². The normalized spacial score (nSPS) is 16.7. The highest BCUT2D eigenvalue weighted by Crippen LogP contribution is 2.41. The Morgan fingerprint density at radius 1 is 1.44 bits per heavy atom. The van der Waals surface area contributed by atoms with Crippen LogP contribution in [-0.4, -0.2) is 28.0 Å². The van der Waals surface area contributed by atoms with Gasteiger partial charge in [0.2, 0.25) is 0 Å². The van der Waals surface area contributed by atoms with Gasteiger partial charge in [0.25, 0.3) is 0 Å². The first kappa shape index (κ1) is 11.2. The Morgan fingerprint density at radius 2 is 2.12 bits per heavy atom. The van der Waals surface area contributed by atoms with Gasteiger partial charge in [0.1, 0.15) is 0 Å². The fourth-order valence-corrected chi connectivity index (χ4v) is 1.52. The number of aromatic nitrogens is 3. The second kappa shape index (κ2) is 3.93. The molecule has 1 aromatic heterocycles. The van der Waals surface area contributed by atoms with E-state index in [1.54, 1.807) is 0 Å². The van der Waals surface area contributed by atoms with Gasteiger partial charge in [-0.1, -0.05) is 5.21 Å². The number of nitrogens with zero attached hydrogens (tertiary/aromatic N) is 3. The van der Waals surface area contributed by atoms with Crippen molar-refractivity contribution in [3.05, 3.63) is 5.69 Å². The van der Waals surface area contributed by atoms with Crippen LogP contribution in [0.5, 0.6) is 0 Å². The Hall–Kier alpha value is -1.31. The number of hydrogen-bond donors (Lipinski definition) is 1. The highest BCUT2D eigenvalue weighted by molar-refractivity contribution is 5.38. The van der Waals surface area contributed by atoms with Crippen LogP contribution >= 0.6 is 0 Å². The first-order valence-electron chi connectivity index (χ1n) is 4.87. The predicted octanol–water partition coefficient (Wildman–Crippen LogP) is 1.27. The van der Waals surface area contributed by atoms with Crippen LogP contribution in [0, 0.1) is 0 Å². The van der Waals surface area contributed by atoms with Crippen molar-refractivity contribution in [3.63, 3.8) is 0 Å². The molecule has 0 aliphatic heterocycles. The summed E-state index contributed by atoms with van der Waals surface area (Å²) in [6.45, 7) is -0.471. The van der Waals surface area contributed by atoms with E-state index >= 15 is 0 Å². The van der Waals surface area contributed by atoms with Crippen LogP contribution in [0.2, 0.25) is 0 Å². The fourth-order valence-electron chi connectivity index (χ4n) is 1.52. The lowest BCUT2D eigenvalue weighted by atomic mass is 10.3. The quantitative estimate of drug-likeness (QED) is 0.855. The molecule has 2 N–H and O–H groups in total. The Kier molecular flexibility index (Phi) is 2.75. The second-order valence-electron chi connectivity index (χ2n) is 3.65. The molecule has 1 aromatic rings. The molecule has 1 saturated carbocycles. The molecule has 0 bridgehead atoms. The number of halogens is 3. The van der Waals surface area contributed by atoms with Crippen molar-refractivity contribution < 1.29 is 17.9 Å². The summed E-state index contributed by atoms with van der Waals surface area (Å²) < 4.78 is 40.3. The van der Waals surface area contributed by atoms with Crippen molar-refractivity contribution in [2.24, 2.45) is 0 Å². The zero-order chi connectivity index (χ0) is 11.8. The molecule has 0 radical (unpaired) electrons. The van der Waals surface area contributed by atoms with Crippen molar-refractivity contribution in [1.82, 2.24) is 15.0 Å². The Morgan fingerprint density at radius 3 is 2.69 bits per heavy atom. The molecule has 0 unspecified atom stereocenters. The van der Waals surface area contributed by atoms with Crippen LogP contribution in [-0.2, 0) is 11.3 Å². The number of hydrogen-bond acceptors (Lipinski definition) is 4. The number of nitrogen functional groups attached to an aromatic ring is 1. The molecule has 2 rings (SSSR count). The first-order valence-corrected chi connectivity index (χ1v) is 4.87. The van der Waals surface area contributed by atoms with Crippen molar-refractivity contribution in [1.29, 1.82) is 0 Å². The summed E-state index contributed by atoms with van der Waals surface area (Å²) in [5.74, 6) is 0.593. The van der Waals surface area contributed by atoms with E-state index in [2.05, 4.69) is 15.0 Å². The second-order valence-corrected chi connectivity index (χ2v) is 3.65. The predicted molar refractivity (Wildman–Crippen MR) is 48.4 cm³/mol. The van der Waals surface area contributed by atoms with Gasteiger partial charge in [0.05, 0.1) is 18.8 Å². The van der Waals surface area contributed by atoms with Crippen LogP contribution in [0.25, 0.3) is 0 Å². The molecule has 1 aliphatic carbocycles. The number of ether oxygens (including phenoxy) is 1. The summed E-state index contributed by atoms with van der Waals surface area (Å²) in [4.78, 5) is 0. The Bertz CT molecular complexity index is 372. The van der Waals surface area contributed by atoms with Gasteiger partial charge in [-0.3, -0.25) is 4.74 Å². The molecule has 90 valence electrons. The maximum absolute atomic E-state index is 11.7. The average molecular weight is 236 g/mol. The van der Waals surface area contributed by atoms with Crippen LogP contribution in [0.3, 0.4) is 0 Å². The zero-order valence-electron chi connectivity index (χ0n) is 8.37. The van der Waals surface area contributed by atoms with E-state index in [9.17, 15) is 13.2 Å². The van der Waals surface area contributed by atoms with Crippen LogP contribution in [0.1, 0.15) is 24.5 Å². The van der Waals surface area contributed by atoms with Gasteiger partial charge in [-0.25, -0.2) is 4.68 Å². The minimum absolute atomic E-state index is 0.00947. The number of rotatable bonds is 4.